The van der Waals surface area contributed by atoms with E-state index < -0.39 is 0 Å². The molecule has 0 heterocycles. The van der Waals surface area contributed by atoms with Gasteiger partial charge in [0.25, 0.3) is 0 Å². The largest absolute Gasteiger partial charge is 0.0917 e. The molecule has 0 radical (unpaired) electrons. The van der Waals surface area contributed by atoms with E-state index in [1.54, 1.807) is 0 Å². The Morgan fingerprint density at radius 1 is 0.323 bits per heavy atom. The first-order valence-corrected chi connectivity index (χ1v) is 14.7. The molecule has 0 saturated heterocycles. The van der Waals surface area contributed by atoms with E-state index in [4.69, 9.17) is 0 Å². The summed E-state index contributed by atoms with van der Waals surface area (Å²) in [6.45, 7) is 4.41. The standard InChI is InChI=1S/C31H60/c1-3-5-7-9-11-13-15-17-19-21-23-25-27-29-31-30-28-26-24-22-20-18-16-14-12-10-8-6-4-2/h3,5,14,16H,4,6-13,15,17-31H2,1-2H3. The van der Waals surface area contributed by atoms with Crippen molar-refractivity contribution in [3.8, 4) is 0 Å². The molecule has 0 fully saturated rings. The molecule has 0 rings (SSSR count). The van der Waals surface area contributed by atoms with Crippen LogP contribution in [0.1, 0.15) is 174 Å². The third kappa shape index (κ3) is 29.5. The zero-order valence-electron chi connectivity index (χ0n) is 22.0. The summed E-state index contributed by atoms with van der Waals surface area (Å²) in [5.41, 5.74) is 0. The summed E-state index contributed by atoms with van der Waals surface area (Å²) in [7, 11) is 0. The van der Waals surface area contributed by atoms with Crippen LogP contribution >= 0.6 is 0 Å². The fourth-order valence-electron chi connectivity index (χ4n) is 4.44. The van der Waals surface area contributed by atoms with Crippen molar-refractivity contribution in [1.29, 1.82) is 0 Å². The second-order valence-electron chi connectivity index (χ2n) is 9.83. The third-order valence-electron chi connectivity index (χ3n) is 6.62. The van der Waals surface area contributed by atoms with Crippen LogP contribution in [0, 0.1) is 0 Å². The highest BCUT2D eigenvalue weighted by Gasteiger charge is 1.95. The Balaban J connectivity index is 3.04. The van der Waals surface area contributed by atoms with E-state index in [0.29, 0.717) is 0 Å². The van der Waals surface area contributed by atoms with Crippen LogP contribution in [0.25, 0.3) is 0 Å². The van der Waals surface area contributed by atoms with Crippen LogP contribution in [0.3, 0.4) is 0 Å². The zero-order chi connectivity index (χ0) is 22.5. The molecule has 0 aliphatic heterocycles. The van der Waals surface area contributed by atoms with Crippen LogP contribution in [0.15, 0.2) is 24.3 Å². The molecule has 0 amide bonds. The Morgan fingerprint density at radius 3 is 0.871 bits per heavy atom. The number of unbranched alkanes of at least 4 members (excludes halogenated alkanes) is 23. The molecule has 0 aromatic rings. The van der Waals surface area contributed by atoms with E-state index in [0.717, 1.165) is 0 Å². The van der Waals surface area contributed by atoms with Gasteiger partial charge in [-0.2, -0.15) is 0 Å². The Kier molecular flexibility index (Phi) is 29.0. The molecule has 0 N–H and O–H groups in total. The van der Waals surface area contributed by atoms with Crippen LogP contribution in [0.4, 0.5) is 0 Å². The third-order valence-corrected chi connectivity index (χ3v) is 6.62. The molecule has 0 saturated carbocycles. The van der Waals surface area contributed by atoms with E-state index in [1.165, 1.54) is 161 Å². The van der Waals surface area contributed by atoms with Gasteiger partial charge in [-0.05, 0) is 45.4 Å². The maximum atomic E-state index is 2.43. The Bertz CT molecular complexity index is 351. The first-order chi connectivity index (χ1) is 15.4. The number of hydrogen-bond donors (Lipinski definition) is 0. The van der Waals surface area contributed by atoms with Gasteiger partial charge < -0.3 is 0 Å². The van der Waals surface area contributed by atoms with Crippen molar-refractivity contribution in [1.82, 2.24) is 0 Å². The first kappa shape index (κ1) is 30.5. The van der Waals surface area contributed by atoms with Gasteiger partial charge in [0.2, 0.25) is 0 Å². The fourth-order valence-corrected chi connectivity index (χ4v) is 4.44. The van der Waals surface area contributed by atoms with Crippen LogP contribution in [-0.4, -0.2) is 0 Å². The quantitative estimate of drug-likeness (QED) is 0.0941. The van der Waals surface area contributed by atoms with Gasteiger partial charge in [0, 0.05) is 0 Å². The van der Waals surface area contributed by atoms with Gasteiger partial charge in [-0.15, -0.1) is 0 Å². The second kappa shape index (κ2) is 29.5. The molecular weight excluding hydrogens is 372 g/mol. The maximum absolute atomic E-state index is 2.43. The highest BCUT2D eigenvalue weighted by Crippen LogP contribution is 2.15. The lowest BCUT2D eigenvalue weighted by molar-refractivity contribution is 0.524. The molecule has 31 heavy (non-hydrogen) atoms. The van der Waals surface area contributed by atoms with Gasteiger partial charge in [0.15, 0.2) is 0 Å². The highest BCUT2D eigenvalue weighted by atomic mass is 14.0. The summed E-state index contributed by atoms with van der Waals surface area (Å²) in [6, 6.07) is 0. The van der Waals surface area contributed by atoms with Crippen molar-refractivity contribution >= 4 is 0 Å². The van der Waals surface area contributed by atoms with Gasteiger partial charge >= 0.3 is 0 Å². The smallest absolute Gasteiger partial charge is 0.0351 e. The maximum Gasteiger partial charge on any atom is -0.0351 e. The molecule has 0 aromatic carbocycles. The monoisotopic (exact) mass is 432 g/mol. The van der Waals surface area contributed by atoms with Gasteiger partial charge in [-0.3, -0.25) is 0 Å². The normalized spacial score (nSPS) is 11.9. The molecule has 0 unspecified atom stereocenters. The molecular formula is C31H60. The molecule has 0 aromatic heterocycles. The van der Waals surface area contributed by atoms with E-state index in [2.05, 4.69) is 38.2 Å². The topological polar surface area (TPSA) is 0 Å². The number of hydrogen-bond acceptors (Lipinski definition) is 0. The summed E-state index contributed by atoms with van der Waals surface area (Å²) >= 11 is 0. The molecule has 0 bridgehead atoms. The Morgan fingerprint density at radius 2 is 0.581 bits per heavy atom. The van der Waals surface area contributed by atoms with E-state index >= 15 is 0 Å². The lowest BCUT2D eigenvalue weighted by Gasteiger charge is -2.04. The van der Waals surface area contributed by atoms with Gasteiger partial charge in [-0.1, -0.05) is 153 Å². The van der Waals surface area contributed by atoms with Crippen molar-refractivity contribution in [2.24, 2.45) is 0 Å². The molecule has 184 valence electrons. The SMILES string of the molecule is CC=CCCCCCCCCCCCCCCCCCCCCC=CCCCCCC. The molecule has 0 aliphatic carbocycles. The predicted octanol–water partition coefficient (Wildman–Crippen LogP) is 11.9. The molecule has 0 atom stereocenters. The second-order valence-corrected chi connectivity index (χ2v) is 9.83. The average Bonchev–Trinajstić information content (AvgIpc) is 2.78. The zero-order valence-corrected chi connectivity index (χ0v) is 22.0. The van der Waals surface area contributed by atoms with Crippen LogP contribution in [0.2, 0.25) is 0 Å². The van der Waals surface area contributed by atoms with Crippen molar-refractivity contribution in [3.05, 3.63) is 24.3 Å². The Labute approximate surface area is 198 Å². The summed E-state index contributed by atoms with van der Waals surface area (Å²) in [5, 5.41) is 0. The van der Waals surface area contributed by atoms with Crippen molar-refractivity contribution < 1.29 is 0 Å². The van der Waals surface area contributed by atoms with Crippen LogP contribution < -0.4 is 0 Å². The van der Waals surface area contributed by atoms with E-state index in [-0.39, 0.29) is 0 Å². The van der Waals surface area contributed by atoms with Crippen molar-refractivity contribution in [2.75, 3.05) is 0 Å². The number of rotatable bonds is 26. The predicted molar refractivity (Wildman–Crippen MR) is 145 cm³/mol. The molecule has 0 spiro atoms. The van der Waals surface area contributed by atoms with Crippen molar-refractivity contribution in [2.45, 2.75) is 174 Å². The number of allylic oxidation sites excluding steroid dienone is 4. The van der Waals surface area contributed by atoms with Gasteiger partial charge in [-0.25, -0.2) is 0 Å². The summed E-state index contributed by atoms with van der Waals surface area (Å²) in [5.74, 6) is 0. The molecule has 0 aliphatic rings. The first-order valence-electron chi connectivity index (χ1n) is 14.7. The minimum absolute atomic E-state index is 1.29. The Hall–Kier alpha value is -0.520. The summed E-state index contributed by atoms with van der Waals surface area (Å²) in [6.07, 6.45) is 45.1. The van der Waals surface area contributed by atoms with Crippen LogP contribution in [-0.2, 0) is 0 Å². The van der Waals surface area contributed by atoms with Gasteiger partial charge in [0.05, 0.1) is 0 Å². The summed E-state index contributed by atoms with van der Waals surface area (Å²) in [4.78, 5) is 0. The van der Waals surface area contributed by atoms with E-state index in [1.807, 2.05) is 0 Å². The minimum Gasteiger partial charge on any atom is -0.0917 e. The van der Waals surface area contributed by atoms with Gasteiger partial charge in [0.1, 0.15) is 0 Å². The van der Waals surface area contributed by atoms with Crippen LogP contribution in [0.5, 0.6) is 0 Å². The lowest BCUT2D eigenvalue weighted by Crippen LogP contribution is -1.84. The van der Waals surface area contributed by atoms with E-state index in [9.17, 15) is 0 Å². The highest BCUT2D eigenvalue weighted by molar-refractivity contribution is 4.81. The summed E-state index contributed by atoms with van der Waals surface area (Å²) < 4.78 is 0. The van der Waals surface area contributed by atoms with Crippen molar-refractivity contribution in [3.63, 3.8) is 0 Å². The average molecular weight is 433 g/mol. The molecule has 0 nitrogen and oxygen atoms in total. The fraction of sp³-hybridized carbons (Fsp3) is 0.871. The lowest BCUT2D eigenvalue weighted by atomic mass is 10.0. The minimum atomic E-state index is 1.29. The molecule has 0 heteroatoms.